The van der Waals surface area contributed by atoms with Gasteiger partial charge in [0, 0.05) is 11.3 Å². The molecule has 1 aromatic rings. The summed E-state index contributed by atoms with van der Waals surface area (Å²) in [5, 5.41) is 8.85. The molecule has 0 aliphatic rings. The first kappa shape index (κ1) is 12.0. The monoisotopic (exact) mass is 217 g/mol. The molecule has 0 unspecified atom stereocenters. The summed E-state index contributed by atoms with van der Waals surface area (Å²) in [7, 11) is 0. The summed E-state index contributed by atoms with van der Waals surface area (Å²) >= 11 is 0. The van der Waals surface area contributed by atoms with Crippen LogP contribution in [-0.2, 0) is 0 Å². The van der Waals surface area contributed by atoms with Crippen LogP contribution in [0.5, 0.6) is 0 Å². The van der Waals surface area contributed by atoms with Gasteiger partial charge in [0.25, 0.3) is 0 Å². The number of allylic oxidation sites excluding steroid dienone is 2. The summed E-state index contributed by atoms with van der Waals surface area (Å²) in [6.07, 6.45) is 0.729. The molecule has 1 aromatic heterocycles. The molecule has 0 fully saturated rings. The molecular weight excluding hydrogens is 202 g/mol. The van der Waals surface area contributed by atoms with Crippen LogP contribution in [0, 0.1) is 18.3 Å². The molecule has 0 spiro atoms. The van der Waals surface area contributed by atoms with E-state index in [4.69, 9.17) is 16.7 Å². The van der Waals surface area contributed by atoms with Gasteiger partial charge >= 0.3 is 0 Å². The van der Waals surface area contributed by atoms with Crippen molar-refractivity contribution in [2.45, 2.75) is 27.2 Å². The topological polar surface area (TPSA) is 102 Å². The van der Waals surface area contributed by atoms with Gasteiger partial charge in [-0.3, -0.25) is 0 Å². The van der Waals surface area contributed by atoms with E-state index in [2.05, 4.69) is 9.97 Å². The Morgan fingerprint density at radius 1 is 1.44 bits per heavy atom. The number of nitrogens with zero attached hydrogens (tertiary/aromatic N) is 3. The molecular formula is C11H15N5. The van der Waals surface area contributed by atoms with Crippen LogP contribution in [0.3, 0.4) is 0 Å². The Kier molecular flexibility index (Phi) is 3.46. The smallest absolute Gasteiger partial charge is 0.159 e. The van der Waals surface area contributed by atoms with Crippen LogP contribution in [0.15, 0.2) is 5.70 Å². The molecule has 5 heteroatoms. The molecule has 0 saturated heterocycles. The SMILES string of the molecule is CCC(=C(C)N)c1nc(C)c(C#N)c(N)n1. The normalized spacial score (nSPS) is 11.9. The summed E-state index contributed by atoms with van der Waals surface area (Å²) in [5.74, 6) is 0.716. The molecule has 0 atom stereocenters. The summed E-state index contributed by atoms with van der Waals surface area (Å²) in [6.45, 7) is 5.50. The van der Waals surface area contributed by atoms with Crippen LogP contribution in [-0.4, -0.2) is 9.97 Å². The second-order valence-electron chi connectivity index (χ2n) is 3.52. The zero-order valence-electron chi connectivity index (χ0n) is 9.70. The average Bonchev–Trinajstić information content (AvgIpc) is 2.17. The maximum atomic E-state index is 8.85. The van der Waals surface area contributed by atoms with Gasteiger partial charge in [-0.1, -0.05) is 6.92 Å². The van der Waals surface area contributed by atoms with E-state index in [9.17, 15) is 0 Å². The maximum Gasteiger partial charge on any atom is 0.159 e. The van der Waals surface area contributed by atoms with Crippen LogP contribution < -0.4 is 11.5 Å². The zero-order chi connectivity index (χ0) is 12.3. The number of anilines is 1. The summed E-state index contributed by atoms with van der Waals surface area (Å²) in [5.41, 5.74) is 13.9. The van der Waals surface area contributed by atoms with Crippen molar-refractivity contribution < 1.29 is 0 Å². The molecule has 16 heavy (non-hydrogen) atoms. The van der Waals surface area contributed by atoms with Gasteiger partial charge in [0.2, 0.25) is 0 Å². The number of nitriles is 1. The van der Waals surface area contributed by atoms with Gasteiger partial charge in [0.1, 0.15) is 17.5 Å². The fraction of sp³-hybridized carbons (Fsp3) is 0.364. The minimum absolute atomic E-state index is 0.206. The third-order valence-corrected chi connectivity index (χ3v) is 2.33. The highest BCUT2D eigenvalue weighted by atomic mass is 15.0. The minimum Gasteiger partial charge on any atom is -0.402 e. The summed E-state index contributed by atoms with van der Waals surface area (Å²) in [6, 6.07) is 1.98. The largest absolute Gasteiger partial charge is 0.402 e. The van der Waals surface area contributed by atoms with E-state index >= 15 is 0 Å². The minimum atomic E-state index is 0.206. The van der Waals surface area contributed by atoms with Crippen molar-refractivity contribution >= 4 is 11.4 Å². The molecule has 84 valence electrons. The van der Waals surface area contributed by atoms with Gasteiger partial charge in [-0.05, 0) is 20.3 Å². The lowest BCUT2D eigenvalue weighted by molar-refractivity contribution is 1.02. The van der Waals surface area contributed by atoms with E-state index in [0.29, 0.717) is 22.8 Å². The Bertz CT molecular complexity index is 455. The van der Waals surface area contributed by atoms with Gasteiger partial charge in [0.05, 0.1) is 5.69 Å². The molecule has 0 amide bonds. The highest BCUT2D eigenvalue weighted by Crippen LogP contribution is 2.20. The van der Waals surface area contributed by atoms with Crippen LogP contribution in [0.25, 0.3) is 5.57 Å². The first-order chi connectivity index (χ1) is 7.51. The van der Waals surface area contributed by atoms with Gasteiger partial charge in [-0.15, -0.1) is 0 Å². The van der Waals surface area contributed by atoms with Gasteiger partial charge in [-0.25, -0.2) is 9.97 Å². The van der Waals surface area contributed by atoms with Crippen LogP contribution in [0.2, 0.25) is 0 Å². The van der Waals surface area contributed by atoms with Crippen LogP contribution >= 0.6 is 0 Å². The van der Waals surface area contributed by atoms with E-state index in [1.165, 1.54) is 0 Å². The number of hydrogen-bond acceptors (Lipinski definition) is 5. The average molecular weight is 217 g/mol. The van der Waals surface area contributed by atoms with Crippen LogP contribution in [0.1, 0.15) is 37.4 Å². The van der Waals surface area contributed by atoms with E-state index in [0.717, 1.165) is 12.0 Å². The number of nitrogens with two attached hydrogens (primary N) is 2. The molecule has 1 rings (SSSR count). The zero-order valence-corrected chi connectivity index (χ0v) is 9.70. The van der Waals surface area contributed by atoms with Gasteiger partial charge in [-0.2, -0.15) is 5.26 Å². The van der Waals surface area contributed by atoms with Crippen molar-refractivity contribution in [2.24, 2.45) is 5.73 Å². The number of aryl methyl sites for hydroxylation is 1. The van der Waals surface area contributed by atoms with E-state index < -0.39 is 0 Å². The molecule has 5 nitrogen and oxygen atoms in total. The maximum absolute atomic E-state index is 8.85. The lowest BCUT2D eigenvalue weighted by atomic mass is 10.1. The second-order valence-corrected chi connectivity index (χ2v) is 3.52. The van der Waals surface area contributed by atoms with Crippen molar-refractivity contribution in [3.8, 4) is 6.07 Å². The molecule has 0 saturated carbocycles. The first-order valence-electron chi connectivity index (χ1n) is 5.01. The standard InChI is InChI=1S/C11H15N5/c1-4-8(6(2)13)11-15-7(3)9(5-12)10(14)16-11/h4,13H2,1-3H3,(H2,14,15,16). The number of aromatic nitrogens is 2. The first-order valence-corrected chi connectivity index (χ1v) is 5.01. The van der Waals surface area contributed by atoms with Crippen molar-refractivity contribution in [3.05, 3.63) is 22.8 Å². The quantitative estimate of drug-likeness (QED) is 0.778. The third-order valence-electron chi connectivity index (χ3n) is 2.33. The fourth-order valence-corrected chi connectivity index (χ4v) is 1.48. The van der Waals surface area contributed by atoms with Gasteiger partial charge < -0.3 is 11.5 Å². The molecule has 0 aliphatic heterocycles. The Labute approximate surface area is 94.8 Å². The number of hydrogen-bond donors (Lipinski definition) is 2. The summed E-state index contributed by atoms with van der Waals surface area (Å²) in [4.78, 5) is 8.35. The Hall–Kier alpha value is -2.09. The molecule has 1 heterocycles. The van der Waals surface area contributed by atoms with E-state index in [1.807, 2.05) is 13.0 Å². The molecule has 0 aliphatic carbocycles. The molecule has 4 N–H and O–H groups in total. The lowest BCUT2D eigenvalue weighted by Gasteiger charge is -2.08. The van der Waals surface area contributed by atoms with Gasteiger partial charge in [0.15, 0.2) is 5.82 Å². The van der Waals surface area contributed by atoms with E-state index in [-0.39, 0.29) is 5.82 Å². The Morgan fingerprint density at radius 3 is 2.44 bits per heavy atom. The molecule has 0 bridgehead atoms. The van der Waals surface area contributed by atoms with Crippen LogP contribution in [0.4, 0.5) is 5.82 Å². The highest BCUT2D eigenvalue weighted by Gasteiger charge is 2.12. The van der Waals surface area contributed by atoms with Crippen molar-refractivity contribution in [2.75, 3.05) is 5.73 Å². The van der Waals surface area contributed by atoms with E-state index in [1.54, 1.807) is 13.8 Å². The third kappa shape index (κ3) is 2.11. The van der Waals surface area contributed by atoms with Crippen molar-refractivity contribution in [1.29, 1.82) is 5.26 Å². The second kappa shape index (κ2) is 4.62. The predicted molar refractivity (Wildman–Crippen MR) is 63.0 cm³/mol. The summed E-state index contributed by atoms with van der Waals surface area (Å²) < 4.78 is 0. The van der Waals surface area contributed by atoms with Crippen molar-refractivity contribution in [3.63, 3.8) is 0 Å². The Morgan fingerprint density at radius 2 is 2.06 bits per heavy atom. The molecule has 0 radical (unpaired) electrons. The highest BCUT2D eigenvalue weighted by molar-refractivity contribution is 5.65. The Balaban J connectivity index is 3.41. The van der Waals surface area contributed by atoms with Crippen molar-refractivity contribution in [1.82, 2.24) is 9.97 Å². The number of rotatable bonds is 2. The lowest BCUT2D eigenvalue weighted by Crippen LogP contribution is -2.07. The fourth-order valence-electron chi connectivity index (χ4n) is 1.48. The molecule has 0 aromatic carbocycles. The predicted octanol–water partition coefficient (Wildman–Crippen LogP) is 1.34. The number of nitrogen functional groups attached to an aromatic ring is 1.